The van der Waals surface area contributed by atoms with E-state index in [9.17, 15) is 4.79 Å². The number of rotatable bonds is 3. The van der Waals surface area contributed by atoms with Crippen LogP contribution in [0.2, 0.25) is 0 Å². The van der Waals surface area contributed by atoms with E-state index >= 15 is 0 Å². The molecular formula is C6H11N3O2. The third-order valence-corrected chi connectivity index (χ3v) is 1.47. The zero-order valence-corrected chi connectivity index (χ0v) is 6.33. The van der Waals surface area contributed by atoms with Gasteiger partial charge in [-0.05, 0) is 6.42 Å². The van der Waals surface area contributed by atoms with E-state index < -0.39 is 5.76 Å². The minimum atomic E-state index is -0.525. The Bertz CT molecular complexity index is 265. The Morgan fingerprint density at radius 3 is 3.00 bits per heavy atom. The molecule has 11 heavy (non-hydrogen) atoms. The predicted molar refractivity (Wildman–Crippen MR) is 39.1 cm³/mol. The third kappa shape index (κ3) is 2.19. The van der Waals surface area contributed by atoms with Crippen LogP contribution in [0.4, 0.5) is 0 Å². The molecule has 0 saturated carbocycles. The molecule has 0 amide bonds. The van der Waals surface area contributed by atoms with Crippen LogP contribution in [-0.4, -0.2) is 16.2 Å². The molecule has 1 aromatic heterocycles. The fraction of sp³-hybridized carbons (Fsp3) is 0.667. The topological polar surface area (TPSA) is 84.9 Å². The number of nitrogens with one attached hydrogen (secondary N) is 1. The van der Waals surface area contributed by atoms with Crippen molar-refractivity contribution in [2.45, 2.75) is 25.8 Å². The van der Waals surface area contributed by atoms with Crippen LogP contribution in [0.15, 0.2) is 9.32 Å². The Balaban J connectivity index is 2.57. The average Bonchev–Trinajstić information content (AvgIpc) is 2.35. The molecule has 1 aromatic rings. The lowest BCUT2D eigenvalue weighted by atomic mass is 10.2. The summed E-state index contributed by atoms with van der Waals surface area (Å²) in [4.78, 5) is 12.9. The van der Waals surface area contributed by atoms with Crippen molar-refractivity contribution in [3.8, 4) is 0 Å². The van der Waals surface area contributed by atoms with Gasteiger partial charge in [0.2, 0.25) is 0 Å². The van der Waals surface area contributed by atoms with E-state index in [0.29, 0.717) is 12.2 Å². The van der Waals surface area contributed by atoms with Gasteiger partial charge in [-0.1, -0.05) is 12.1 Å². The first-order chi connectivity index (χ1) is 5.22. The number of hydrogen-bond donors (Lipinski definition) is 2. The van der Waals surface area contributed by atoms with Gasteiger partial charge in [-0.3, -0.25) is 9.51 Å². The Hall–Kier alpha value is -1.10. The summed E-state index contributed by atoms with van der Waals surface area (Å²) in [5, 5.41) is 3.48. The zero-order valence-electron chi connectivity index (χ0n) is 6.33. The Morgan fingerprint density at radius 1 is 1.82 bits per heavy atom. The standard InChI is InChI=1S/C6H11N3O2/c1-2-4(7)3-5-8-6(10)11-9-5/h4H,2-3,7H2,1H3,(H,8,9,10). The van der Waals surface area contributed by atoms with Crippen molar-refractivity contribution in [1.29, 1.82) is 0 Å². The van der Waals surface area contributed by atoms with Crippen LogP contribution >= 0.6 is 0 Å². The molecule has 0 spiro atoms. The summed E-state index contributed by atoms with van der Waals surface area (Å²) < 4.78 is 4.29. The maximum absolute atomic E-state index is 10.4. The van der Waals surface area contributed by atoms with E-state index in [4.69, 9.17) is 5.73 Å². The van der Waals surface area contributed by atoms with Crippen LogP contribution in [-0.2, 0) is 6.42 Å². The maximum atomic E-state index is 10.4. The lowest BCUT2D eigenvalue weighted by Crippen LogP contribution is -2.22. The molecule has 0 aliphatic rings. The maximum Gasteiger partial charge on any atom is 0.438 e. The first kappa shape index (κ1) is 8.00. The van der Waals surface area contributed by atoms with Gasteiger partial charge in [-0.15, -0.1) is 0 Å². The van der Waals surface area contributed by atoms with Crippen molar-refractivity contribution in [3.63, 3.8) is 0 Å². The number of aromatic nitrogens is 2. The number of aromatic amines is 1. The average molecular weight is 157 g/mol. The molecule has 0 fully saturated rings. The molecule has 62 valence electrons. The summed E-state index contributed by atoms with van der Waals surface area (Å²) >= 11 is 0. The van der Waals surface area contributed by atoms with Crippen molar-refractivity contribution in [2.24, 2.45) is 5.73 Å². The molecule has 1 heterocycles. The molecule has 5 nitrogen and oxygen atoms in total. The minimum absolute atomic E-state index is 0.0377. The first-order valence-corrected chi connectivity index (χ1v) is 3.52. The highest BCUT2D eigenvalue weighted by molar-refractivity contribution is 4.82. The molecule has 1 unspecified atom stereocenters. The highest BCUT2D eigenvalue weighted by atomic mass is 16.5. The molecule has 0 saturated heterocycles. The van der Waals surface area contributed by atoms with E-state index in [1.807, 2.05) is 6.92 Å². The normalized spacial score (nSPS) is 13.3. The molecular weight excluding hydrogens is 146 g/mol. The smallest absolute Gasteiger partial charge is 0.327 e. The van der Waals surface area contributed by atoms with Crippen molar-refractivity contribution >= 4 is 0 Å². The van der Waals surface area contributed by atoms with E-state index in [1.54, 1.807) is 0 Å². The van der Waals surface area contributed by atoms with Gasteiger partial charge in [0.15, 0.2) is 5.82 Å². The zero-order chi connectivity index (χ0) is 8.27. The first-order valence-electron chi connectivity index (χ1n) is 3.52. The van der Waals surface area contributed by atoms with E-state index in [-0.39, 0.29) is 6.04 Å². The van der Waals surface area contributed by atoms with Gasteiger partial charge in [-0.25, -0.2) is 4.79 Å². The van der Waals surface area contributed by atoms with E-state index in [1.165, 1.54) is 0 Å². The van der Waals surface area contributed by atoms with Gasteiger partial charge in [0.25, 0.3) is 0 Å². The summed E-state index contributed by atoms with van der Waals surface area (Å²) in [6.07, 6.45) is 1.41. The van der Waals surface area contributed by atoms with Crippen LogP contribution in [0.25, 0.3) is 0 Å². The summed E-state index contributed by atoms with van der Waals surface area (Å²) in [6.45, 7) is 1.98. The van der Waals surface area contributed by atoms with Crippen LogP contribution in [0.3, 0.4) is 0 Å². The van der Waals surface area contributed by atoms with Gasteiger partial charge in [0.05, 0.1) is 0 Å². The molecule has 0 aliphatic carbocycles. The molecule has 1 atom stereocenters. The Morgan fingerprint density at radius 2 is 2.55 bits per heavy atom. The van der Waals surface area contributed by atoms with Crippen LogP contribution in [0.5, 0.6) is 0 Å². The number of H-pyrrole nitrogens is 1. The monoisotopic (exact) mass is 157 g/mol. The second-order valence-corrected chi connectivity index (χ2v) is 2.41. The number of nitrogens with two attached hydrogens (primary N) is 1. The van der Waals surface area contributed by atoms with Crippen molar-refractivity contribution in [3.05, 3.63) is 16.4 Å². The lowest BCUT2D eigenvalue weighted by Gasteiger charge is -2.02. The van der Waals surface area contributed by atoms with Crippen molar-refractivity contribution in [2.75, 3.05) is 0 Å². The summed E-state index contributed by atoms with van der Waals surface area (Å²) in [6, 6.07) is 0.0377. The molecule has 0 aromatic carbocycles. The largest absolute Gasteiger partial charge is 0.438 e. The molecule has 0 bridgehead atoms. The summed E-state index contributed by atoms with van der Waals surface area (Å²) in [5.74, 6) is -0.00680. The second kappa shape index (κ2) is 3.34. The van der Waals surface area contributed by atoms with Crippen molar-refractivity contribution < 1.29 is 4.52 Å². The molecule has 0 aliphatic heterocycles. The summed E-state index contributed by atoms with van der Waals surface area (Å²) in [7, 11) is 0. The van der Waals surface area contributed by atoms with Crippen LogP contribution < -0.4 is 11.5 Å². The van der Waals surface area contributed by atoms with Gasteiger partial charge in [0, 0.05) is 12.5 Å². The Kier molecular flexibility index (Phi) is 2.43. The predicted octanol–water partition coefficient (Wildman–Crippen LogP) is -0.357. The van der Waals surface area contributed by atoms with Gasteiger partial charge in [0.1, 0.15) is 0 Å². The highest BCUT2D eigenvalue weighted by Crippen LogP contribution is 1.94. The fourth-order valence-corrected chi connectivity index (χ4v) is 0.741. The molecule has 1 rings (SSSR count). The Labute approximate surface area is 63.6 Å². The highest BCUT2D eigenvalue weighted by Gasteiger charge is 2.05. The summed E-state index contributed by atoms with van der Waals surface area (Å²) in [5.41, 5.74) is 5.61. The SMILES string of the molecule is CCC(N)Cc1noc(=O)[nH]1. The third-order valence-electron chi connectivity index (χ3n) is 1.47. The molecule has 5 heteroatoms. The molecule has 0 radical (unpaired) electrons. The minimum Gasteiger partial charge on any atom is -0.327 e. The number of nitrogens with zero attached hydrogens (tertiary/aromatic N) is 1. The lowest BCUT2D eigenvalue weighted by molar-refractivity contribution is 0.379. The van der Waals surface area contributed by atoms with Gasteiger partial charge >= 0.3 is 5.76 Å². The van der Waals surface area contributed by atoms with Crippen LogP contribution in [0, 0.1) is 0 Å². The van der Waals surface area contributed by atoms with Crippen LogP contribution in [0.1, 0.15) is 19.2 Å². The fourth-order valence-electron chi connectivity index (χ4n) is 0.741. The van der Waals surface area contributed by atoms with Gasteiger partial charge in [-0.2, -0.15) is 0 Å². The quantitative estimate of drug-likeness (QED) is 0.627. The second-order valence-electron chi connectivity index (χ2n) is 2.41. The van der Waals surface area contributed by atoms with E-state index in [2.05, 4.69) is 14.7 Å². The van der Waals surface area contributed by atoms with Gasteiger partial charge < -0.3 is 5.73 Å². The number of hydrogen-bond acceptors (Lipinski definition) is 4. The van der Waals surface area contributed by atoms with Crippen molar-refractivity contribution in [1.82, 2.24) is 10.1 Å². The molecule has 3 N–H and O–H groups in total. The van der Waals surface area contributed by atoms with E-state index in [0.717, 1.165) is 6.42 Å².